The van der Waals surface area contributed by atoms with Gasteiger partial charge in [-0.05, 0) is 26.0 Å². The Morgan fingerprint density at radius 1 is 1.45 bits per heavy atom. The van der Waals surface area contributed by atoms with Gasteiger partial charge >= 0.3 is 5.97 Å². The highest BCUT2D eigenvalue weighted by Gasteiger charge is 2.31. The van der Waals surface area contributed by atoms with Crippen molar-refractivity contribution in [1.82, 2.24) is 5.32 Å². The van der Waals surface area contributed by atoms with Crippen LogP contribution in [0.15, 0.2) is 12.1 Å². The minimum atomic E-state index is -1.21. The molecule has 0 fully saturated rings. The number of nitrogens with one attached hydrogen (secondary N) is 1. The fraction of sp³-hybridized carbons (Fsp3) is 0.538. The van der Waals surface area contributed by atoms with E-state index < -0.39 is 11.6 Å². The normalized spacial score (nSPS) is 12.8. The lowest BCUT2D eigenvalue weighted by Gasteiger charge is -2.24. The van der Waals surface area contributed by atoms with E-state index >= 15 is 0 Å². The first-order valence-corrected chi connectivity index (χ1v) is 7.21. The molecule has 1 N–H and O–H groups in total. The number of methoxy groups -OCH3 is 1. The first kappa shape index (κ1) is 16.9. The van der Waals surface area contributed by atoms with Gasteiger partial charge in [-0.1, -0.05) is 11.6 Å². The smallest absolute Gasteiger partial charge is 0.303 e. The zero-order chi connectivity index (χ0) is 15.3. The van der Waals surface area contributed by atoms with Crippen molar-refractivity contribution in [2.45, 2.75) is 32.5 Å². The van der Waals surface area contributed by atoms with Crippen molar-refractivity contribution in [2.24, 2.45) is 0 Å². The van der Waals surface area contributed by atoms with Crippen LogP contribution >= 0.6 is 22.9 Å². The van der Waals surface area contributed by atoms with Gasteiger partial charge in [-0.25, -0.2) is 0 Å². The number of hydrogen-bond acceptors (Lipinski definition) is 5. The topological polar surface area (TPSA) is 64.6 Å². The molecule has 0 aliphatic rings. The van der Waals surface area contributed by atoms with Gasteiger partial charge in [0.25, 0.3) is 5.91 Å². The van der Waals surface area contributed by atoms with Crippen LogP contribution in [-0.2, 0) is 19.1 Å². The lowest BCUT2D eigenvalue weighted by Crippen LogP contribution is -2.46. The molecule has 1 aromatic rings. The third kappa shape index (κ3) is 4.77. The summed E-state index contributed by atoms with van der Waals surface area (Å²) in [7, 11) is 1.56. The Kier molecular flexibility index (Phi) is 5.98. The molecular formula is C13H18ClNO4S. The third-order valence-electron chi connectivity index (χ3n) is 2.59. The van der Waals surface area contributed by atoms with Crippen molar-refractivity contribution in [2.75, 3.05) is 13.7 Å². The fourth-order valence-corrected chi connectivity index (χ4v) is 2.74. The highest BCUT2D eigenvalue weighted by Crippen LogP contribution is 2.28. The molecule has 0 aliphatic heterocycles. The average Bonchev–Trinajstić information content (AvgIpc) is 2.74. The van der Waals surface area contributed by atoms with Crippen molar-refractivity contribution in [3.8, 4) is 0 Å². The first-order chi connectivity index (χ1) is 9.26. The van der Waals surface area contributed by atoms with Gasteiger partial charge in [-0.15, -0.1) is 11.3 Å². The number of esters is 1. The summed E-state index contributed by atoms with van der Waals surface area (Å²) < 4.78 is 10.9. The Hall–Kier alpha value is -1.11. The molecule has 1 unspecified atom stereocenters. The lowest BCUT2D eigenvalue weighted by atomic mass is 10.1. The van der Waals surface area contributed by atoms with E-state index in [0.29, 0.717) is 4.34 Å². The highest BCUT2D eigenvalue weighted by atomic mass is 35.5. The fourth-order valence-electron chi connectivity index (χ4n) is 1.61. The number of carbonyl (C=O) groups excluding carboxylic acids is 2. The molecule has 0 spiro atoms. The van der Waals surface area contributed by atoms with Crippen molar-refractivity contribution < 1.29 is 19.1 Å². The maximum atomic E-state index is 12.0. The van der Waals surface area contributed by atoms with Crippen LogP contribution in [0.4, 0.5) is 0 Å². The van der Waals surface area contributed by atoms with Crippen LogP contribution in [0, 0.1) is 0 Å². The van der Waals surface area contributed by atoms with E-state index in [1.165, 1.54) is 32.1 Å². The SMILES string of the molecule is COC(CNC(=O)C(C)(C)OC(C)=O)c1ccc(Cl)s1. The molecule has 0 radical (unpaired) electrons. The van der Waals surface area contributed by atoms with Gasteiger partial charge in [0.05, 0.1) is 4.34 Å². The van der Waals surface area contributed by atoms with Crippen molar-refractivity contribution >= 4 is 34.8 Å². The molecule has 0 bridgehead atoms. The molecule has 1 rings (SSSR count). The molecule has 5 nitrogen and oxygen atoms in total. The number of thiophene rings is 1. The Bertz CT molecular complexity index is 486. The van der Waals surface area contributed by atoms with E-state index in [1.807, 2.05) is 6.07 Å². The molecule has 1 aromatic heterocycles. The number of carbonyl (C=O) groups is 2. The Labute approximate surface area is 127 Å². The molecular weight excluding hydrogens is 302 g/mol. The van der Waals surface area contributed by atoms with Crippen molar-refractivity contribution in [3.05, 3.63) is 21.3 Å². The van der Waals surface area contributed by atoms with Gasteiger partial charge in [0, 0.05) is 25.5 Å². The van der Waals surface area contributed by atoms with Gasteiger partial charge in [0.1, 0.15) is 6.10 Å². The number of rotatable bonds is 6. The number of halogens is 1. The van der Waals surface area contributed by atoms with Gasteiger partial charge in [-0.2, -0.15) is 0 Å². The largest absolute Gasteiger partial charge is 0.450 e. The van der Waals surface area contributed by atoms with E-state index in [1.54, 1.807) is 13.2 Å². The summed E-state index contributed by atoms with van der Waals surface area (Å²) in [6.07, 6.45) is -0.287. The zero-order valence-electron chi connectivity index (χ0n) is 11.9. The number of amides is 1. The molecule has 1 amide bonds. The summed E-state index contributed by atoms with van der Waals surface area (Å²) in [5.74, 6) is -0.879. The molecule has 7 heteroatoms. The predicted octanol–water partition coefficient (Wildman–Crippen LogP) is 2.55. The molecule has 1 atom stereocenters. The average molecular weight is 320 g/mol. The van der Waals surface area contributed by atoms with Crippen LogP contribution in [0.3, 0.4) is 0 Å². The molecule has 0 aliphatic carbocycles. The second-order valence-corrected chi connectivity index (χ2v) is 6.43. The Morgan fingerprint density at radius 2 is 2.10 bits per heavy atom. The molecule has 1 heterocycles. The summed E-state index contributed by atoms with van der Waals surface area (Å²) in [5, 5.41) is 2.71. The standard InChI is InChI=1S/C13H18ClNO4S/c1-8(16)19-13(2,3)12(17)15-7-9(18-4)10-5-6-11(14)20-10/h5-6,9H,7H2,1-4H3,(H,15,17). The minimum absolute atomic E-state index is 0.275. The summed E-state index contributed by atoms with van der Waals surface area (Å²) in [6.45, 7) is 4.61. The Balaban J connectivity index is 2.60. The van der Waals surface area contributed by atoms with Gasteiger partial charge in [0.2, 0.25) is 0 Å². The van der Waals surface area contributed by atoms with Crippen LogP contribution in [0.2, 0.25) is 4.34 Å². The summed E-state index contributed by atoms with van der Waals surface area (Å²) in [5.41, 5.74) is -1.21. The van der Waals surface area contributed by atoms with Crippen molar-refractivity contribution in [1.29, 1.82) is 0 Å². The highest BCUT2D eigenvalue weighted by molar-refractivity contribution is 7.16. The molecule has 0 saturated carbocycles. The minimum Gasteiger partial charge on any atom is -0.450 e. The van der Waals surface area contributed by atoms with Crippen LogP contribution in [0.25, 0.3) is 0 Å². The number of hydrogen-bond donors (Lipinski definition) is 1. The maximum absolute atomic E-state index is 12.0. The molecule has 20 heavy (non-hydrogen) atoms. The Morgan fingerprint density at radius 3 is 2.55 bits per heavy atom. The first-order valence-electron chi connectivity index (χ1n) is 6.02. The van der Waals surface area contributed by atoms with E-state index in [9.17, 15) is 9.59 Å². The van der Waals surface area contributed by atoms with E-state index in [4.69, 9.17) is 21.1 Å². The maximum Gasteiger partial charge on any atom is 0.303 e. The summed E-state index contributed by atoms with van der Waals surface area (Å²) >= 11 is 7.27. The zero-order valence-corrected chi connectivity index (χ0v) is 13.4. The van der Waals surface area contributed by atoms with Gasteiger partial charge in [-0.3, -0.25) is 9.59 Å². The third-order valence-corrected chi connectivity index (χ3v) is 3.91. The van der Waals surface area contributed by atoms with Crippen LogP contribution in [0.1, 0.15) is 31.8 Å². The monoisotopic (exact) mass is 319 g/mol. The van der Waals surface area contributed by atoms with E-state index in [2.05, 4.69) is 5.32 Å². The number of ether oxygens (including phenoxy) is 2. The second kappa shape index (κ2) is 7.06. The van der Waals surface area contributed by atoms with E-state index in [-0.39, 0.29) is 18.6 Å². The van der Waals surface area contributed by atoms with Crippen LogP contribution in [0.5, 0.6) is 0 Å². The van der Waals surface area contributed by atoms with Crippen LogP contribution < -0.4 is 5.32 Å². The lowest BCUT2D eigenvalue weighted by molar-refractivity contribution is -0.163. The second-order valence-electron chi connectivity index (χ2n) is 4.68. The van der Waals surface area contributed by atoms with Gasteiger partial charge in [0.15, 0.2) is 5.60 Å². The molecule has 0 aromatic carbocycles. The van der Waals surface area contributed by atoms with Crippen LogP contribution in [-0.4, -0.2) is 31.1 Å². The molecule has 0 saturated heterocycles. The van der Waals surface area contributed by atoms with Crippen molar-refractivity contribution in [3.63, 3.8) is 0 Å². The summed E-state index contributed by atoms with van der Waals surface area (Å²) in [4.78, 5) is 23.9. The summed E-state index contributed by atoms with van der Waals surface area (Å²) in [6, 6.07) is 3.63. The predicted molar refractivity (Wildman–Crippen MR) is 77.9 cm³/mol. The molecule has 112 valence electrons. The van der Waals surface area contributed by atoms with Gasteiger partial charge < -0.3 is 14.8 Å². The van der Waals surface area contributed by atoms with E-state index in [0.717, 1.165) is 4.88 Å². The quantitative estimate of drug-likeness (QED) is 0.818.